The smallest absolute Gasteiger partial charge is 0.386 e. The molecule has 19 heteroatoms. The van der Waals surface area contributed by atoms with E-state index in [0.29, 0.717) is 0 Å². The number of aliphatic hydroxyl groups excluding tert-OH is 1. The molecule has 0 bridgehead atoms. The summed E-state index contributed by atoms with van der Waals surface area (Å²) in [5.41, 5.74) is -2.44. The molecule has 0 aromatic rings. The van der Waals surface area contributed by atoms with E-state index in [1.165, 1.54) is 0 Å². The monoisotopic (exact) mass is 508 g/mol. The predicted octanol–water partition coefficient (Wildman–Crippen LogP) is -0.826. The first-order valence-electron chi connectivity index (χ1n) is 7.73. The van der Waals surface area contributed by atoms with Crippen LogP contribution in [0.25, 0.3) is 0 Å². The van der Waals surface area contributed by atoms with Crippen LogP contribution in [0.2, 0.25) is 0 Å². The molecule has 31 heavy (non-hydrogen) atoms. The highest BCUT2D eigenvalue weighted by Gasteiger charge is 2.58. The van der Waals surface area contributed by atoms with Crippen molar-refractivity contribution in [1.29, 1.82) is 0 Å². The zero-order valence-corrected chi connectivity index (χ0v) is 17.7. The summed E-state index contributed by atoms with van der Waals surface area (Å²) in [5.74, 6) is 1.12. The van der Waals surface area contributed by atoms with Crippen LogP contribution in [0.15, 0.2) is 24.7 Å². The Kier molecular flexibility index (Phi) is 7.36. The lowest BCUT2D eigenvalue weighted by atomic mass is 9.98. The third-order valence-corrected chi connectivity index (χ3v) is 7.51. The molecule has 2 aliphatic rings. The van der Waals surface area contributed by atoms with Gasteiger partial charge in [-0.2, -0.15) is 8.62 Å². The highest BCUT2D eigenvalue weighted by Crippen LogP contribution is 2.66. The number of nitrogens with zero attached hydrogens (tertiary/aromatic N) is 1. The second-order valence-electron chi connectivity index (χ2n) is 5.95. The Morgan fingerprint density at radius 3 is 2.42 bits per heavy atom. The molecule has 1 saturated heterocycles. The summed E-state index contributed by atoms with van der Waals surface area (Å²) in [4.78, 5) is 47.9. The molecule has 2 aliphatic heterocycles. The number of aliphatic hydroxyl groups is 1. The van der Waals surface area contributed by atoms with Crippen molar-refractivity contribution in [3.05, 3.63) is 24.7 Å². The SMILES string of the molecule is C#C[C@]1(COP(=O)(O)OP(=O)(O)OP(=O)(O)O)O[C@@H](N2C=CC(=O)NC2=C)[C@@H](F)[C@@H]1O. The quantitative estimate of drug-likeness (QED) is 0.174. The molecule has 15 nitrogen and oxygen atoms in total. The molecule has 0 aromatic carbocycles. The van der Waals surface area contributed by atoms with Gasteiger partial charge in [0.2, 0.25) is 0 Å². The van der Waals surface area contributed by atoms with Crippen molar-refractivity contribution in [2.45, 2.75) is 24.1 Å². The Bertz CT molecular complexity index is 975. The van der Waals surface area contributed by atoms with Gasteiger partial charge in [-0.1, -0.05) is 12.5 Å². The van der Waals surface area contributed by atoms with Crippen molar-refractivity contribution in [2.75, 3.05) is 6.61 Å². The van der Waals surface area contributed by atoms with E-state index in [2.05, 4.69) is 25.0 Å². The van der Waals surface area contributed by atoms with Crippen molar-refractivity contribution < 1.29 is 65.4 Å². The summed E-state index contributed by atoms with van der Waals surface area (Å²) in [7, 11) is -17.0. The van der Waals surface area contributed by atoms with E-state index >= 15 is 0 Å². The molecule has 0 saturated carbocycles. The standard InChI is InChI=1S/C12H16FN2O13P3/c1-3-12(6-25-30(21,22)28-31(23,24)27-29(18,19)20)10(17)9(13)11(26-12)15-5-4-8(16)14-7(15)2/h1,4-5,9-11,17H,2,6H2,(H,14,16)(H,21,22)(H,23,24)(H2,18,19,20)/t9-,10-,11+,12+/m0/s1. The number of hydrogen-bond donors (Lipinski definition) is 6. The summed E-state index contributed by atoms with van der Waals surface area (Å²) in [6.07, 6.45) is 1.19. The lowest BCUT2D eigenvalue weighted by Crippen LogP contribution is -2.45. The first-order valence-corrected chi connectivity index (χ1v) is 12.3. The summed E-state index contributed by atoms with van der Waals surface area (Å²) in [6, 6.07) is 0. The van der Waals surface area contributed by atoms with Gasteiger partial charge >= 0.3 is 23.5 Å². The Morgan fingerprint density at radius 2 is 1.90 bits per heavy atom. The molecule has 174 valence electrons. The maximum atomic E-state index is 14.7. The Labute approximate surface area is 173 Å². The summed E-state index contributed by atoms with van der Waals surface area (Å²) in [5, 5.41) is 12.4. The zero-order valence-electron chi connectivity index (χ0n) is 15.0. The average Bonchev–Trinajstić information content (AvgIpc) is 2.82. The maximum absolute atomic E-state index is 14.7. The average molecular weight is 508 g/mol. The number of halogens is 1. The van der Waals surface area contributed by atoms with E-state index in [0.717, 1.165) is 17.2 Å². The zero-order chi connectivity index (χ0) is 23.8. The molecule has 2 rings (SSSR count). The highest BCUT2D eigenvalue weighted by atomic mass is 31.3. The fourth-order valence-electron chi connectivity index (χ4n) is 2.46. The Hall–Kier alpha value is -1.43. The van der Waals surface area contributed by atoms with E-state index in [1.54, 1.807) is 0 Å². The van der Waals surface area contributed by atoms with Crippen LogP contribution < -0.4 is 5.32 Å². The number of phosphoric ester groups is 1. The van der Waals surface area contributed by atoms with Gasteiger partial charge in [-0.15, -0.1) is 6.42 Å². The Balaban J connectivity index is 2.16. The maximum Gasteiger partial charge on any atom is 0.490 e. The van der Waals surface area contributed by atoms with Crippen LogP contribution in [0, 0.1) is 12.3 Å². The predicted molar refractivity (Wildman–Crippen MR) is 95.4 cm³/mol. The van der Waals surface area contributed by atoms with Crippen LogP contribution in [-0.2, 0) is 36.4 Å². The third kappa shape index (κ3) is 6.30. The van der Waals surface area contributed by atoms with Crippen LogP contribution in [0.1, 0.15) is 0 Å². The Morgan fingerprint density at radius 1 is 1.29 bits per heavy atom. The molecule has 2 heterocycles. The van der Waals surface area contributed by atoms with Gasteiger partial charge in [0.05, 0.1) is 0 Å². The topological polar surface area (TPSA) is 222 Å². The highest BCUT2D eigenvalue weighted by molar-refractivity contribution is 7.66. The van der Waals surface area contributed by atoms with Crippen molar-refractivity contribution >= 4 is 29.4 Å². The molecule has 6 N–H and O–H groups in total. The molecule has 0 aliphatic carbocycles. The molecule has 1 amide bonds. The largest absolute Gasteiger partial charge is 0.490 e. The van der Waals surface area contributed by atoms with Gasteiger partial charge in [0, 0.05) is 12.3 Å². The van der Waals surface area contributed by atoms with E-state index in [4.69, 9.17) is 25.8 Å². The molecule has 0 aromatic heterocycles. The number of phosphoric acid groups is 3. The van der Waals surface area contributed by atoms with Crippen molar-refractivity contribution in [3.63, 3.8) is 0 Å². The summed E-state index contributed by atoms with van der Waals surface area (Å²) >= 11 is 0. The third-order valence-electron chi connectivity index (χ3n) is 3.73. The number of alkyl halides is 1. The number of carbonyl (C=O) groups excluding carboxylic acids is 1. The number of amides is 1. The molecular formula is C12H16FN2O13P3. The van der Waals surface area contributed by atoms with Crippen LogP contribution >= 0.6 is 23.5 Å². The lowest BCUT2D eigenvalue weighted by Gasteiger charge is -2.32. The van der Waals surface area contributed by atoms with Crippen LogP contribution in [-0.4, -0.2) is 66.2 Å². The number of carbonyl (C=O) groups is 1. The summed E-state index contributed by atoms with van der Waals surface area (Å²) in [6.45, 7) is 2.18. The fourth-order valence-corrected chi connectivity index (χ4v) is 5.51. The second-order valence-corrected chi connectivity index (χ2v) is 10.4. The minimum absolute atomic E-state index is 0.145. The molecule has 0 radical (unpaired) electrons. The minimum atomic E-state index is -5.80. The van der Waals surface area contributed by atoms with Crippen molar-refractivity contribution in [1.82, 2.24) is 10.2 Å². The molecular weight excluding hydrogens is 492 g/mol. The van der Waals surface area contributed by atoms with Crippen molar-refractivity contribution in [2.24, 2.45) is 0 Å². The molecule has 6 atom stereocenters. The molecule has 0 spiro atoms. The lowest BCUT2D eigenvalue weighted by molar-refractivity contribution is -0.120. The number of ether oxygens (including phenoxy) is 1. The van der Waals surface area contributed by atoms with Gasteiger partial charge in [-0.3, -0.25) is 9.32 Å². The van der Waals surface area contributed by atoms with Gasteiger partial charge in [-0.05, 0) is 0 Å². The normalized spacial score (nSPS) is 32.8. The first kappa shape index (κ1) is 25.8. The van der Waals surface area contributed by atoms with E-state index in [9.17, 15) is 32.9 Å². The van der Waals surface area contributed by atoms with Crippen LogP contribution in [0.4, 0.5) is 4.39 Å². The van der Waals surface area contributed by atoms with E-state index in [-0.39, 0.29) is 5.82 Å². The molecule has 2 unspecified atom stereocenters. The van der Waals surface area contributed by atoms with Gasteiger partial charge in [0.1, 0.15) is 18.5 Å². The fraction of sp³-hybridized carbons (Fsp3) is 0.417. The minimum Gasteiger partial charge on any atom is -0.386 e. The van der Waals surface area contributed by atoms with E-state index < -0.39 is 60.1 Å². The number of terminal acetylenes is 1. The second kappa shape index (κ2) is 8.84. The van der Waals surface area contributed by atoms with Gasteiger partial charge < -0.3 is 39.6 Å². The van der Waals surface area contributed by atoms with E-state index in [1.807, 2.05) is 5.92 Å². The van der Waals surface area contributed by atoms with Crippen LogP contribution in [0.5, 0.6) is 0 Å². The summed E-state index contributed by atoms with van der Waals surface area (Å²) < 4.78 is 65.2. The first-order chi connectivity index (χ1) is 14.0. The number of hydrogen-bond acceptors (Lipinski definition) is 10. The van der Waals surface area contributed by atoms with Gasteiger partial charge in [0.15, 0.2) is 18.0 Å². The number of nitrogens with one attached hydrogen (secondary N) is 1. The van der Waals surface area contributed by atoms with Crippen LogP contribution in [0.3, 0.4) is 0 Å². The van der Waals surface area contributed by atoms with Gasteiger partial charge in [0.25, 0.3) is 5.91 Å². The number of rotatable bonds is 8. The molecule has 1 fully saturated rings. The van der Waals surface area contributed by atoms with Gasteiger partial charge in [-0.25, -0.2) is 18.1 Å². The van der Waals surface area contributed by atoms with Crippen molar-refractivity contribution in [3.8, 4) is 12.3 Å².